The molecule has 0 unspecified atom stereocenters. The Morgan fingerprint density at radius 3 is 2.23 bits per heavy atom. The van der Waals surface area contributed by atoms with E-state index in [1.54, 1.807) is 46.8 Å². The fraction of sp³-hybridized carbons (Fsp3) is 0.304. The van der Waals surface area contributed by atoms with Crippen LogP contribution in [0, 0.1) is 23.2 Å². The highest BCUT2D eigenvalue weighted by Gasteiger charge is 2.31. The van der Waals surface area contributed by atoms with Gasteiger partial charge >= 0.3 is 0 Å². The molecule has 7 heteroatoms. The zero-order valence-corrected chi connectivity index (χ0v) is 17.9. The largest absolute Gasteiger partial charge is 0.323 e. The summed E-state index contributed by atoms with van der Waals surface area (Å²) < 4.78 is 27.4. The molecule has 6 nitrogen and oxygen atoms in total. The maximum Gasteiger partial charge on any atom is 0.248 e. The Morgan fingerprint density at radius 2 is 1.67 bits per heavy atom. The number of carbonyl (C=O) groups excluding carboxylic acids is 1. The van der Waals surface area contributed by atoms with Crippen LogP contribution in [0.3, 0.4) is 0 Å². The van der Waals surface area contributed by atoms with E-state index >= 15 is 0 Å². The quantitative estimate of drug-likeness (QED) is 0.739. The van der Waals surface area contributed by atoms with Crippen molar-refractivity contribution in [2.24, 2.45) is 11.8 Å². The lowest BCUT2D eigenvalue weighted by Gasteiger charge is -2.34. The predicted octanol–water partition coefficient (Wildman–Crippen LogP) is 3.88. The van der Waals surface area contributed by atoms with E-state index in [-0.39, 0.29) is 10.8 Å². The van der Waals surface area contributed by atoms with Crippen LogP contribution in [0.5, 0.6) is 0 Å². The molecule has 2 atom stereocenters. The fourth-order valence-corrected chi connectivity index (χ4v) is 5.37. The summed E-state index contributed by atoms with van der Waals surface area (Å²) in [6.07, 6.45) is 4.07. The highest BCUT2D eigenvalue weighted by molar-refractivity contribution is 7.89. The van der Waals surface area contributed by atoms with Gasteiger partial charge in [-0.1, -0.05) is 26.0 Å². The molecule has 0 radical (unpaired) electrons. The number of anilines is 1. The van der Waals surface area contributed by atoms with E-state index in [0.29, 0.717) is 36.2 Å². The molecule has 0 bridgehead atoms. The molecule has 1 heterocycles. The second kappa shape index (κ2) is 9.24. The number of benzene rings is 2. The molecule has 2 aromatic rings. The predicted molar refractivity (Wildman–Crippen MR) is 117 cm³/mol. The summed E-state index contributed by atoms with van der Waals surface area (Å²) in [7, 11) is -3.54. The van der Waals surface area contributed by atoms with Gasteiger partial charge in [0.05, 0.1) is 16.5 Å². The van der Waals surface area contributed by atoms with E-state index in [2.05, 4.69) is 19.2 Å². The maximum atomic E-state index is 12.9. The first-order valence-electron chi connectivity index (χ1n) is 9.87. The van der Waals surface area contributed by atoms with Gasteiger partial charge in [-0.3, -0.25) is 4.79 Å². The van der Waals surface area contributed by atoms with Gasteiger partial charge in [-0.2, -0.15) is 9.57 Å². The standard InChI is InChI=1S/C23H25N3O3S/c1-17-13-18(2)16-26(15-17)30(28,29)22-10-8-21(9-11-22)25-23(27)12-7-19-3-5-20(14-24)6-4-19/h3-12,17-18H,13,15-16H2,1-2H3,(H,25,27)/b12-7+/t17-,18-/m1/s1. The van der Waals surface area contributed by atoms with Crippen molar-refractivity contribution in [1.29, 1.82) is 5.26 Å². The van der Waals surface area contributed by atoms with Gasteiger partial charge in [-0.05, 0) is 66.3 Å². The van der Waals surface area contributed by atoms with Crippen LogP contribution in [0.4, 0.5) is 5.69 Å². The Kier molecular flexibility index (Phi) is 6.70. The minimum absolute atomic E-state index is 0.231. The van der Waals surface area contributed by atoms with E-state index in [1.165, 1.54) is 18.2 Å². The van der Waals surface area contributed by atoms with Crippen LogP contribution in [0.1, 0.15) is 31.4 Å². The van der Waals surface area contributed by atoms with E-state index in [1.807, 2.05) is 6.07 Å². The van der Waals surface area contributed by atoms with Gasteiger partial charge in [0.25, 0.3) is 0 Å². The summed E-state index contributed by atoms with van der Waals surface area (Å²) in [5.74, 6) is 0.351. The van der Waals surface area contributed by atoms with Gasteiger partial charge < -0.3 is 5.32 Å². The lowest BCUT2D eigenvalue weighted by atomic mass is 9.94. The van der Waals surface area contributed by atoms with E-state index in [0.717, 1.165) is 12.0 Å². The van der Waals surface area contributed by atoms with Crippen LogP contribution in [-0.2, 0) is 14.8 Å². The Labute approximate surface area is 177 Å². The molecule has 1 aliphatic heterocycles. The first kappa shape index (κ1) is 21.8. The number of hydrogen-bond acceptors (Lipinski definition) is 4. The third-order valence-electron chi connectivity index (χ3n) is 5.06. The van der Waals surface area contributed by atoms with Crippen LogP contribution in [0.2, 0.25) is 0 Å². The first-order chi connectivity index (χ1) is 14.3. The Morgan fingerprint density at radius 1 is 1.07 bits per heavy atom. The molecule has 1 N–H and O–H groups in total. The SMILES string of the molecule is C[C@@H]1C[C@@H](C)CN(S(=O)(=O)c2ccc(NC(=O)/C=C/c3ccc(C#N)cc3)cc2)C1. The monoisotopic (exact) mass is 423 g/mol. The normalized spacial score (nSPS) is 20.0. The van der Waals surface area contributed by atoms with Crippen molar-refractivity contribution in [3.05, 3.63) is 65.7 Å². The molecule has 1 amide bonds. The van der Waals surface area contributed by atoms with E-state index < -0.39 is 10.0 Å². The lowest BCUT2D eigenvalue weighted by Crippen LogP contribution is -2.42. The average molecular weight is 424 g/mol. The van der Waals surface area contributed by atoms with Gasteiger partial charge in [0.15, 0.2) is 0 Å². The smallest absolute Gasteiger partial charge is 0.248 e. The third-order valence-corrected chi connectivity index (χ3v) is 6.91. The Balaban J connectivity index is 1.64. The van der Waals surface area contributed by atoms with Crippen molar-refractivity contribution < 1.29 is 13.2 Å². The van der Waals surface area contributed by atoms with Crippen molar-refractivity contribution in [3.8, 4) is 6.07 Å². The molecule has 1 fully saturated rings. The van der Waals surface area contributed by atoms with Crippen LogP contribution in [-0.4, -0.2) is 31.7 Å². The van der Waals surface area contributed by atoms with Crippen molar-refractivity contribution in [2.75, 3.05) is 18.4 Å². The Bertz CT molecular complexity index is 1060. The van der Waals surface area contributed by atoms with Crippen LogP contribution < -0.4 is 5.32 Å². The zero-order valence-electron chi connectivity index (χ0n) is 17.1. The van der Waals surface area contributed by atoms with Crippen molar-refractivity contribution in [2.45, 2.75) is 25.2 Å². The van der Waals surface area contributed by atoms with E-state index in [9.17, 15) is 13.2 Å². The van der Waals surface area contributed by atoms with Gasteiger partial charge in [0, 0.05) is 24.9 Å². The minimum atomic E-state index is -3.54. The molecular weight excluding hydrogens is 398 g/mol. The minimum Gasteiger partial charge on any atom is -0.323 e. The maximum absolute atomic E-state index is 12.9. The molecule has 1 aliphatic rings. The second-order valence-electron chi connectivity index (χ2n) is 7.85. The van der Waals surface area contributed by atoms with Gasteiger partial charge in [0.1, 0.15) is 0 Å². The Hall–Kier alpha value is -2.95. The number of nitrogens with zero attached hydrogens (tertiary/aromatic N) is 2. The molecule has 0 aromatic heterocycles. The molecular formula is C23H25N3O3S. The number of amides is 1. The number of sulfonamides is 1. The number of rotatable bonds is 5. The summed E-state index contributed by atoms with van der Waals surface area (Å²) >= 11 is 0. The highest BCUT2D eigenvalue weighted by Crippen LogP contribution is 2.27. The second-order valence-corrected chi connectivity index (χ2v) is 9.79. The average Bonchev–Trinajstić information content (AvgIpc) is 2.72. The molecule has 156 valence electrons. The molecule has 0 spiro atoms. The molecule has 30 heavy (non-hydrogen) atoms. The van der Waals surface area contributed by atoms with Crippen LogP contribution in [0.25, 0.3) is 6.08 Å². The molecule has 1 saturated heterocycles. The number of carbonyl (C=O) groups is 1. The van der Waals surface area contributed by atoms with Crippen molar-refractivity contribution in [3.63, 3.8) is 0 Å². The number of nitrogens with one attached hydrogen (secondary N) is 1. The number of nitriles is 1. The molecule has 0 saturated carbocycles. The van der Waals surface area contributed by atoms with Gasteiger partial charge in [-0.15, -0.1) is 0 Å². The number of piperidine rings is 1. The zero-order chi connectivity index (χ0) is 21.7. The summed E-state index contributed by atoms with van der Waals surface area (Å²) in [4.78, 5) is 12.4. The van der Waals surface area contributed by atoms with Gasteiger partial charge in [0.2, 0.25) is 15.9 Å². The topological polar surface area (TPSA) is 90.3 Å². The molecule has 0 aliphatic carbocycles. The third kappa shape index (κ3) is 5.35. The summed E-state index contributed by atoms with van der Waals surface area (Å²) in [6, 6.07) is 15.2. The fourth-order valence-electron chi connectivity index (χ4n) is 3.69. The van der Waals surface area contributed by atoms with E-state index in [4.69, 9.17) is 5.26 Å². The summed E-state index contributed by atoms with van der Waals surface area (Å²) in [6.45, 7) is 5.21. The van der Waals surface area contributed by atoms with Gasteiger partial charge in [-0.25, -0.2) is 8.42 Å². The number of hydrogen-bond donors (Lipinski definition) is 1. The van der Waals surface area contributed by atoms with Crippen LogP contribution in [0.15, 0.2) is 59.5 Å². The van der Waals surface area contributed by atoms with Crippen molar-refractivity contribution in [1.82, 2.24) is 4.31 Å². The molecule has 2 aromatic carbocycles. The first-order valence-corrected chi connectivity index (χ1v) is 11.3. The van der Waals surface area contributed by atoms with Crippen LogP contribution >= 0.6 is 0 Å². The van der Waals surface area contributed by atoms with Crippen molar-refractivity contribution >= 4 is 27.7 Å². The highest BCUT2D eigenvalue weighted by atomic mass is 32.2. The lowest BCUT2D eigenvalue weighted by molar-refractivity contribution is -0.111. The summed E-state index contributed by atoms with van der Waals surface area (Å²) in [5, 5.41) is 11.5. The molecule has 3 rings (SSSR count). The summed E-state index contributed by atoms with van der Waals surface area (Å²) in [5.41, 5.74) is 1.87.